The Bertz CT molecular complexity index is 355. The Hall–Kier alpha value is -1.09. The molecule has 3 heteroatoms. The molecule has 0 aliphatic rings. The first-order valence-corrected chi connectivity index (χ1v) is 8.10. The number of rotatable bonds is 11. The Balaban J connectivity index is 2.32. The van der Waals surface area contributed by atoms with E-state index in [4.69, 9.17) is 4.74 Å². The summed E-state index contributed by atoms with van der Waals surface area (Å²) in [6, 6.07) is 4.46. The van der Waals surface area contributed by atoms with Crippen molar-refractivity contribution in [3.63, 3.8) is 0 Å². The van der Waals surface area contributed by atoms with E-state index in [1.165, 1.54) is 31.2 Å². The van der Waals surface area contributed by atoms with Crippen molar-refractivity contribution in [3.05, 3.63) is 23.9 Å². The molecular weight excluding hydrogens is 248 g/mol. The van der Waals surface area contributed by atoms with Crippen LogP contribution in [0, 0.1) is 0 Å². The molecule has 1 N–H and O–H groups in total. The molecule has 0 saturated carbocycles. The molecule has 1 rings (SSSR count). The Morgan fingerprint density at radius 1 is 1.15 bits per heavy atom. The van der Waals surface area contributed by atoms with Gasteiger partial charge in [0.25, 0.3) is 0 Å². The molecule has 1 aromatic rings. The van der Waals surface area contributed by atoms with Crippen LogP contribution < -0.4 is 10.1 Å². The van der Waals surface area contributed by atoms with Crippen molar-refractivity contribution in [3.8, 4) is 5.88 Å². The fraction of sp³-hybridized carbons (Fsp3) is 0.706. The van der Waals surface area contributed by atoms with E-state index in [1.807, 2.05) is 6.20 Å². The highest BCUT2D eigenvalue weighted by Gasteiger charge is 2.06. The maximum absolute atomic E-state index is 5.74. The summed E-state index contributed by atoms with van der Waals surface area (Å²) >= 11 is 0. The van der Waals surface area contributed by atoms with Crippen LogP contribution in [0.15, 0.2) is 18.3 Å². The molecule has 1 atom stereocenters. The molecule has 0 bridgehead atoms. The summed E-state index contributed by atoms with van der Waals surface area (Å²) in [5.41, 5.74) is 1.24. The highest BCUT2D eigenvalue weighted by Crippen LogP contribution is 2.17. The predicted octanol–water partition coefficient (Wildman–Crippen LogP) is 4.49. The summed E-state index contributed by atoms with van der Waals surface area (Å²) < 4.78 is 5.74. The van der Waals surface area contributed by atoms with Crippen molar-refractivity contribution in [1.29, 1.82) is 0 Å². The second-order valence-corrected chi connectivity index (χ2v) is 5.37. The Labute approximate surface area is 124 Å². The molecule has 0 saturated heterocycles. The third-order valence-electron chi connectivity index (χ3n) is 3.46. The summed E-state index contributed by atoms with van der Waals surface area (Å²) in [5.74, 6) is 0.753. The first-order valence-electron chi connectivity index (χ1n) is 8.10. The fourth-order valence-electron chi connectivity index (χ4n) is 2.13. The van der Waals surface area contributed by atoms with Gasteiger partial charge in [0.2, 0.25) is 5.88 Å². The van der Waals surface area contributed by atoms with Crippen LogP contribution >= 0.6 is 0 Å². The summed E-state index contributed by atoms with van der Waals surface area (Å²) in [6.45, 7) is 8.41. The topological polar surface area (TPSA) is 34.1 Å². The van der Waals surface area contributed by atoms with Gasteiger partial charge >= 0.3 is 0 Å². The maximum Gasteiger partial charge on any atom is 0.213 e. The largest absolute Gasteiger partial charge is 0.478 e. The zero-order valence-corrected chi connectivity index (χ0v) is 13.3. The average Bonchev–Trinajstić information content (AvgIpc) is 2.48. The molecule has 0 fully saturated rings. The molecule has 0 spiro atoms. The minimum Gasteiger partial charge on any atom is -0.478 e. The van der Waals surface area contributed by atoms with E-state index < -0.39 is 0 Å². The lowest BCUT2D eigenvalue weighted by Gasteiger charge is -2.14. The van der Waals surface area contributed by atoms with E-state index in [1.54, 1.807) is 0 Å². The van der Waals surface area contributed by atoms with E-state index in [9.17, 15) is 0 Å². The minimum absolute atomic E-state index is 0.352. The van der Waals surface area contributed by atoms with Crippen LogP contribution in [0.25, 0.3) is 0 Å². The monoisotopic (exact) mass is 278 g/mol. The van der Waals surface area contributed by atoms with Crippen molar-refractivity contribution in [1.82, 2.24) is 10.3 Å². The van der Waals surface area contributed by atoms with Crippen LogP contribution in [0.1, 0.15) is 70.9 Å². The summed E-state index contributed by atoms with van der Waals surface area (Å²) in [7, 11) is 0. The van der Waals surface area contributed by atoms with Gasteiger partial charge in [-0.15, -0.1) is 0 Å². The molecule has 1 aromatic heterocycles. The van der Waals surface area contributed by atoms with E-state index in [2.05, 4.69) is 43.2 Å². The van der Waals surface area contributed by atoms with Gasteiger partial charge in [0.05, 0.1) is 6.61 Å². The van der Waals surface area contributed by atoms with Crippen molar-refractivity contribution >= 4 is 0 Å². The van der Waals surface area contributed by atoms with Crippen LogP contribution in [0.4, 0.5) is 0 Å². The molecule has 114 valence electrons. The Morgan fingerprint density at radius 3 is 2.70 bits per heavy atom. The number of hydrogen-bond donors (Lipinski definition) is 1. The number of unbranched alkanes of at least 4 members (excludes halogenated alkanes) is 4. The molecule has 1 unspecified atom stereocenters. The maximum atomic E-state index is 5.74. The molecular formula is C17H30N2O. The van der Waals surface area contributed by atoms with Crippen LogP contribution in [0.5, 0.6) is 5.88 Å². The molecule has 0 amide bonds. The van der Waals surface area contributed by atoms with Crippen molar-refractivity contribution in [2.24, 2.45) is 0 Å². The first-order chi connectivity index (χ1) is 9.77. The number of nitrogens with one attached hydrogen (secondary N) is 1. The molecule has 0 aromatic carbocycles. The van der Waals surface area contributed by atoms with Gasteiger partial charge in [-0.3, -0.25) is 0 Å². The van der Waals surface area contributed by atoms with Crippen molar-refractivity contribution in [2.75, 3.05) is 13.2 Å². The van der Waals surface area contributed by atoms with Crippen LogP contribution in [0.2, 0.25) is 0 Å². The lowest BCUT2D eigenvalue weighted by molar-refractivity contribution is 0.293. The van der Waals surface area contributed by atoms with Gasteiger partial charge in [0, 0.05) is 18.3 Å². The number of ether oxygens (including phenoxy) is 1. The molecule has 3 nitrogen and oxygen atoms in total. The van der Waals surface area contributed by atoms with Gasteiger partial charge in [-0.2, -0.15) is 0 Å². The van der Waals surface area contributed by atoms with E-state index in [0.29, 0.717) is 6.04 Å². The number of pyridine rings is 1. The Kier molecular flexibility index (Phi) is 9.05. The summed E-state index contributed by atoms with van der Waals surface area (Å²) in [4.78, 5) is 4.29. The van der Waals surface area contributed by atoms with Gasteiger partial charge in [-0.25, -0.2) is 4.98 Å². The number of nitrogens with zero attached hydrogens (tertiary/aromatic N) is 1. The van der Waals surface area contributed by atoms with E-state index in [0.717, 1.165) is 31.9 Å². The standard InChI is InChI=1S/C17H30N2O/c1-4-6-7-8-9-13-20-17-14-16(10-12-19-17)15(3)18-11-5-2/h10,12,14-15,18H,4-9,11,13H2,1-3H3. The second kappa shape index (κ2) is 10.7. The first kappa shape index (κ1) is 17.0. The molecule has 20 heavy (non-hydrogen) atoms. The van der Waals surface area contributed by atoms with Crippen molar-refractivity contribution < 1.29 is 4.74 Å². The molecule has 0 aliphatic carbocycles. The number of hydrogen-bond acceptors (Lipinski definition) is 3. The predicted molar refractivity (Wildman–Crippen MR) is 85.2 cm³/mol. The Morgan fingerprint density at radius 2 is 1.95 bits per heavy atom. The van der Waals surface area contributed by atoms with Crippen molar-refractivity contribution in [2.45, 2.75) is 65.3 Å². The minimum atomic E-state index is 0.352. The lowest BCUT2D eigenvalue weighted by Crippen LogP contribution is -2.19. The normalized spacial score (nSPS) is 12.3. The quantitative estimate of drug-likeness (QED) is 0.605. The molecule has 0 aliphatic heterocycles. The second-order valence-electron chi connectivity index (χ2n) is 5.37. The smallest absolute Gasteiger partial charge is 0.213 e. The van der Waals surface area contributed by atoms with Gasteiger partial charge in [0.1, 0.15) is 0 Å². The molecule has 0 radical (unpaired) electrons. The van der Waals surface area contributed by atoms with Crippen LogP contribution in [0.3, 0.4) is 0 Å². The number of aromatic nitrogens is 1. The summed E-state index contributed by atoms with van der Waals surface area (Å²) in [5, 5.41) is 3.48. The third kappa shape index (κ3) is 6.90. The zero-order chi connectivity index (χ0) is 14.6. The van der Waals surface area contributed by atoms with Gasteiger partial charge in [-0.1, -0.05) is 39.5 Å². The van der Waals surface area contributed by atoms with Crippen LogP contribution in [-0.4, -0.2) is 18.1 Å². The van der Waals surface area contributed by atoms with E-state index >= 15 is 0 Å². The highest BCUT2D eigenvalue weighted by atomic mass is 16.5. The van der Waals surface area contributed by atoms with E-state index in [-0.39, 0.29) is 0 Å². The zero-order valence-electron chi connectivity index (χ0n) is 13.3. The highest BCUT2D eigenvalue weighted by molar-refractivity contribution is 5.23. The van der Waals surface area contributed by atoms with Gasteiger partial charge in [0.15, 0.2) is 0 Å². The van der Waals surface area contributed by atoms with Crippen LogP contribution in [-0.2, 0) is 0 Å². The SMILES string of the molecule is CCCCCCCOc1cc(C(C)NCCC)ccn1. The van der Waals surface area contributed by atoms with Gasteiger partial charge < -0.3 is 10.1 Å². The molecule has 1 heterocycles. The average molecular weight is 278 g/mol. The fourth-order valence-corrected chi connectivity index (χ4v) is 2.13. The van der Waals surface area contributed by atoms with Gasteiger partial charge in [-0.05, 0) is 37.9 Å². The lowest BCUT2D eigenvalue weighted by atomic mass is 10.1. The summed E-state index contributed by atoms with van der Waals surface area (Å²) in [6.07, 6.45) is 9.28. The third-order valence-corrected chi connectivity index (χ3v) is 3.46.